The van der Waals surface area contributed by atoms with E-state index in [4.69, 9.17) is 14.2 Å². The quantitative estimate of drug-likeness (QED) is 0.691. The zero-order valence-electron chi connectivity index (χ0n) is 17.2. The molecule has 13 heteroatoms. The molecule has 0 bridgehead atoms. The monoisotopic (exact) mass is 454 g/mol. The van der Waals surface area contributed by atoms with Gasteiger partial charge in [0.05, 0.1) is 43.0 Å². The molecule has 172 valence electrons. The Morgan fingerprint density at radius 2 is 1.97 bits per heavy atom. The first-order valence-electron chi connectivity index (χ1n) is 9.80. The van der Waals surface area contributed by atoms with Gasteiger partial charge in [-0.1, -0.05) is 0 Å². The van der Waals surface area contributed by atoms with Crippen molar-refractivity contribution in [1.82, 2.24) is 25.5 Å². The molecule has 2 N–H and O–H groups in total. The number of alkyl halides is 3. The standard InChI is InChI=1S/C19H21F3N6O4/c1-18(2)31-15-11(27-14-8-23-7-13(28-14)19(20,21)22)9-30-12(16(15)32-18)6-24-17(29)10-3-4-25-26-5-10/h3-5,7-8,11-12,15-16H,6,9H2,1-2H3,(H,24,29)(H,27,28)/t11-,12+,15+,16-/m0/s1. The molecule has 0 aromatic carbocycles. The summed E-state index contributed by atoms with van der Waals surface area (Å²) >= 11 is 0. The summed E-state index contributed by atoms with van der Waals surface area (Å²) in [7, 11) is 0. The third-order valence-corrected chi connectivity index (χ3v) is 4.98. The minimum Gasteiger partial charge on any atom is -0.371 e. The summed E-state index contributed by atoms with van der Waals surface area (Å²) in [4.78, 5) is 19.5. The highest BCUT2D eigenvalue weighted by Crippen LogP contribution is 2.36. The van der Waals surface area contributed by atoms with E-state index in [1.54, 1.807) is 13.8 Å². The number of ether oxygens (including phenoxy) is 3. The smallest absolute Gasteiger partial charge is 0.371 e. The number of aromatic nitrogens is 4. The van der Waals surface area contributed by atoms with Gasteiger partial charge in [-0.2, -0.15) is 23.4 Å². The second kappa shape index (κ2) is 8.56. The van der Waals surface area contributed by atoms with Gasteiger partial charge in [0.15, 0.2) is 11.5 Å². The van der Waals surface area contributed by atoms with Crippen molar-refractivity contribution in [3.63, 3.8) is 0 Å². The summed E-state index contributed by atoms with van der Waals surface area (Å²) in [5.41, 5.74) is -0.759. The summed E-state index contributed by atoms with van der Waals surface area (Å²) in [5, 5.41) is 13.0. The van der Waals surface area contributed by atoms with Gasteiger partial charge in [0.25, 0.3) is 5.91 Å². The third kappa shape index (κ3) is 4.95. The van der Waals surface area contributed by atoms with E-state index in [9.17, 15) is 18.0 Å². The van der Waals surface area contributed by atoms with Crippen molar-refractivity contribution in [2.45, 2.75) is 50.2 Å². The van der Waals surface area contributed by atoms with Gasteiger partial charge in [0, 0.05) is 6.54 Å². The highest BCUT2D eigenvalue weighted by atomic mass is 19.4. The fraction of sp³-hybridized carbons (Fsp3) is 0.526. The molecule has 0 saturated carbocycles. The van der Waals surface area contributed by atoms with Gasteiger partial charge in [0.2, 0.25) is 0 Å². The number of hydrogen-bond acceptors (Lipinski definition) is 9. The predicted molar refractivity (Wildman–Crippen MR) is 102 cm³/mol. The maximum atomic E-state index is 12.9. The Bertz CT molecular complexity index is 962. The molecule has 2 aliphatic heterocycles. The SMILES string of the molecule is CC1(C)O[C@@H]2[C@H](O1)[C@@H](Nc1cncc(C(F)(F)F)n1)CO[C@@H]2CNC(=O)c1ccnnc1. The Morgan fingerprint density at radius 1 is 1.19 bits per heavy atom. The van der Waals surface area contributed by atoms with Crippen LogP contribution in [0.15, 0.2) is 30.9 Å². The molecule has 2 aromatic rings. The van der Waals surface area contributed by atoms with Crippen LogP contribution in [0.4, 0.5) is 19.0 Å². The number of nitrogens with one attached hydrogen (secondary N) is 2. The molecule has 32 heavy (non-hydrogen) atoms. The minimum absolute atomic E-state index is 0.0579. The van der Waals surface area contributed by atoms with E-state index in [2.05, 4.69) is 30.8 Å². The minimum atomic E-state index is -4.61. The number of amides is 1. The molecular formula is C19H21F3N6O4. The van der Waals surface area contributed by atoms with E-state index < -0.39 is 42.0 Å². The molecule has 4 atom stereocenters. The van der Waals surface area contributed by atoms with Gasteiger partial charge in [-0.05, 0) is 19.9 Å². The fourth-order valence-electron chi connectivity index (χ4n) is 3.61. The van der Waals surface area contributed by atoms with Crippen molar-refractivity contribution >= 4 is 11.7 Å². The van der Waals surface area contributed by atoms with E-state index in [1.165, 1.54) is 24.7 Å². The van der Waals surface area contributed by atoms with E-state index in [0.29, 0.717) is 11.8 Å². The Morgan fingerprint density at radius 3 is 2.69 bits per heavy atom. The highest BCUT2D eigenvalue weighted by Gasteiger charge is 2.52. The number of anilines is 1. The lowest BCUT2D eigenvalue weighted by atomic mass is 9.98. The molecule has 2 aromatic heterocycles. The number of halogens is 3. The molecule has 10 nitrogen and oxygen atoms in total. The van der Waals surface area contributed by atoms with E-state index in [-0.39, 0.29) is 24.9 Å². The van der Waals surface area contributed by atoms with Crippen LogP contribution in [0.5, 0.6) is 0 Å². The normalized spacial score (nSPS) is 26.9. The van der Waals surface area contributed by atoms with Crippen molar-refractivity contribution in [3.05, 3.63) is 42.1 Å². The molecule has 0 aliphatic carbocycles. The predicted octanol–water partition coefficient (Wildman–Crippen LogP) is 1.41. The van der Waals surface area contributed by atoms with Crippen LogP contribution >= 0.6 is 0 Å². The lowest BCUT2D eigenvalue weighted by Gasteiger charge is -2.37. The first-order chi connectivity index (χ1) is 15.1. The van der Waals surface area contributed by atoms with Crippen molar-refractivity contribution in [2.24, 2.45) is 0 Å². The van der Waals surface area contributed by atoms with Crippen molar-refractivity contribution < 1.29 is 32.2 Å². The Kier molecular flexibility index (Phi) is 5.97. The summed E-state index contributed by atoms with van der Waals surface area (Å²) < 4.78 is 56.7. The van der Waals surface area contributed by atoms with E-state index in [1.807, 2.05) is 0 Å². The summed E-state index contributed by atoms with van der Waals surface area (Å²) in [6, 6.07) is 0.984. The van der Waals surface area contributed by atoms with Gasteiger partial charge in [-0.25, -0.2) is 4.98 Å². The number of carbonyl (C=O) groups excluding carboxylic acids is 1. The number of fused-ring (bicyclic) bond motifs is 1. The molecule has 0 unspecified atom stereocenters. The van der Waals surface area contributed by atoms with Crippen LogP contribution in [0.25, 0.3) is 0 Å². The number of hydrogen-bond donors (Lipinski definition) is 2. The van der Waals surface area contributed by atoms with Crippen molar-refractivity contribution in [1.29, 1.82) is 0 Å². The lowest BCUT2D eigenvalue weighted by molar-refractivity contribution is -0.153. The van der Waals surface area contributed by atoms with Crippen LogP contribution in [-0.2, 0) is 20.4 Å². The third-order valence-electron chi connectivity index (χ3n) is 4.98. The molecule has 2 saturated heterocycles. The zero-order chi connectivity index (χ0) is 22.9. The maximum absolute atomic E-state index is 12.9. The number of nitrogens with zero attached hydrogens (tertiary/aromatic N) is 4. The van der Waals surface area contributed by atoms with Gasteiger partial charge < -0.3 is 24.8 Å². The molecule has 0 radical (unpaired) electrons. The fourth-order valence-corrected chi connectivity index (χ4v) is 3.61. The van der Waals surface area contributed by atoms with Crippen LogP contribution in [0.3, 0.4) is 0 Å². The van der Waals surface area contributed by atoms with Gasteiger partial charge >= 0.3 is 6.18 Å². The van der Waals surface area contributed by atoms with E-state index >= 15 is 0 Å². The average molecular weight is 454 g/mol. The summed E-state index contributed by atoms with van der Waals surface area (Å²) in [6.07, 6.45) is -1.68. The van der Waals surface area contributed by atoms with Crippen LogP contribution in [0.1, 0.15) is 29.9 Å². The Balaban J connectivity index is 1.44. The molecular weight excluding hydrogens is 433 g/mol. The Hall–Kier alpha value is -2.90. The van der Waals surface area contributed by atoms with Gasteiger partial charge in [0.1, 0.15) is 24.1 Å². The largest absolute Gasteiger partial charge is 0.434 e. The lowest BCUT2D eigenvalue weighted by Crippen LogP contribution is -2.57. The summed E-state index contributed by atoms with van der Waals surface area (Å²) in [5.74, 6) is -1.35. The molecule has 1 amide bonds. The van der Waals surface area contributed by atoms with Gasteiger partial charge in [-0.3, -0.25) is 9.78 Å². The first-order valence-corrected chi connectivity index (χ1v) is 9.80. The summed E-state index contributed by atoms with van der Waals surface area (Å²) in [6.45, 7) is 3.68. The number of rotatable bonds is 5. The molecule has 4 heterocycles. The average Bonchev–Trinajstić information content (AvgIpc) is 3.09. The van der Waals surface area contributed by atoms with Crippen LogP contribution in [0, 0.1) is 0 Å². The Labute approximate surface area is 180 Å². The highest BCUT2D eigenvalue weighted by molar-refractivity contribution is 5.93. The van der Waals surface area contributed by atoms with Crippen LogP contribution in [-0.4, -0.2) is 69.4 Å². The van der Waals surface area contributed by atoms with Crippen molar-refractivity contribution in [2.75, 3.05) is 18.5 Å². The molecule has 2 aliphatic rings. The first kappa shape index (κ1) is 22.3. The van der Waals surface area contributed by atoms with E-state index in [0.717, 1.165) is 0 Å². The van der Waals surface area contributed by atoms with Crippen LogP contribution < -0.4 is 10.6 Å². The maximum Gasteiger partial charge on any atom is 0.434 e. The molecule has 0 spiro atoms. The second-order valence-corrected chi connectivity index (χ2v) is 7.82. The zero-order valence-corrected chi connectivity index (χ0v) is 17.2. The van der Waals surface area contributed by atoms with Crippen LogP contribution in [0.2, 0.25) is 0 Å². The number of carbonyl (C=O) groups is 1. The van der Waals surface area contributed by atoms with Gasteiger partial charge in [-0.15, -0.1) is 0 Å². The topological polar surface area (TPSA) is 120 Å². The molecule has 2 fully saturated rings. The van der Waals surface area contributed by atoms with Crippen molar-refractivity contribution in [3.8, 4) is 0 Å². The molecule has 4 rings (SSSR count). The second-order valence-electron chi connectivity index (χ2n) is 7.82.